The third-order valence-electron chi connectivity index (χ3n) is 6.53. The molecule has 0 fully saturated rings. The Balaban J connectivity index is 1.66. The molecule has 8 heteroatoms. The highest BCUT2D eigenvalue weighted by atomic mass is 16.5. The van der Waals surface area contributed by atoms with Crippen LogP contribution < -0.4 is 5.32 Å². The summed E-state index contributed by atoms with van der Waals surface area (Å²) < 4.78 is 7.36. The number of carbonyl (C=O) groups excluding carboxylic acids is 3. The average molecular weight is 497 g/mol. The number of nitrogens with zero attached hydrogens (tertiary/aromatic N) is 2. The Hall–Kier alpha value is -4.43. The molecular formula is C29H28N4O4. The van der Waals surface area contributed by atoms with Gasteiger partial charge in [0, 0.05) is 46.4 Å². The Morgan fingerprint density at radius 1 is 1.03 bits per heavy atom. The number of amides is 2. The van der Waals surface area contributed by atoms with E-state index in [1.807, 2.05) is 50.6 Å². The first-order valence-electron chi connectivity index (χ1n) is 12.1. The van der Waals surface area contributed by atoms with E-state index in [4.69, 9.17) is 4.74 Å². The van der Waals surface area contributed by atoms with Gasteiger partial charge in [0.15, 0.2) is 0 Å². The number of hydrogen-bond acceptors (Lipinski definition) is 5. The maximum atomic E-state index is 13.2. The Morgan fingerprint density at radius 2 is 1.76 bits per heavy atom. The first-order chi connectivity index (χ1) is 17.9. The second-order valence-corrected chi connectivity index (χ2v) is 9.26. The number of para-hydroxylation sites is 2. The summed E-state index contributed by atoms with van der Waals surface area (Å²) in [7, 11) is 4.08. The molecule has 1 aliphatic heterocycles. The van der Waals surface area contributed by atoms with E-state index in [1.54, 1.807) is 18.3 Å². The first-order valence-corrected chi connectivity index (χ1v) is 12.1. The lowest BCUT2D eigenvalue weighted by molar-refractivity contribution is -0.122. The number of aromatic nitrogens is 2. The molecule has 0 radical (unpaired) electrons. The number of carbonyl (C=O) groups is 3. The molecule has 0 saturated heterocycles. The number of ether oxygens (including phenoxy) is 1. The third kappa shape index (κ3) is 4.36. The molecule has 0 spiro atoms. The quantitative estimate of drug-likeness (QED) is 0.208. The SMILES string of the molecule is C=CCOC(=O)c1cccc2c(C3=C(c4cn(CCCN(C)C)c5ccccc45)C(=O)NC3=O)c[nH]c12. The molecule has 0 bridgehead atoms. The van der Waals surface area contributed by atoms with Crippen LogP contribution in [0.25, 0.3) is 33.0 Å². The number of nitrogens with one attached hydrogen (secondary N) is 2. The molecule has 2 N–H and O–H groups in total. The predicted octanol–water partition coefficient (Wildman–Crippen LogP) is 3.98. The van der Waals surface area contributed by atoms with Gasteiger partial charge in [-0.1, -0.05) is 43.0 Å². The van der Waals surface area contributed by atoms with Gasteiger partial charge < -0.3 is 19.2 Å². The van der Waals surface area contributed by atoms with Crippen LogP contribution in [0.4, 0.5) is 0 Å². The van der Waals surface area contributed by atoms with Gasteiger partial charge in [0.1, 0.15) is 6.61 Å². The molecule has 0 saturated carbocycles. The summed E-state index contributed by atoms with van der Waals surface area (Å²) in [5.41, 5.74) is 3.75. The highest BCUT2D eigenvalue weighted by Gasteiger charge is 2.35. The predicted molar refractivity (Wildman–Crippen MR) is 144 cm³/mol. The van der Waals surface area contributed by atoms with Crippen LogP contribution in [0.1, 0.15) is 27.9 Å². The van der Waals surface area contributed by atoms with Crippen molar-refractivity contribution in [3.05, 3.63) is 84.2 Å². The van der Waals surface area contributed by atoms with Crippen molar-refractivity contribution < 1.29 is 19.1 Å². The zero-order valence-electron chi connectivity index (χ0n) is 20.8. The smallest absolute Gasteiger partial charge is 0.340 e. The fourth-order valence-electron chi connectivity index (χ4n) is 4.90. The number of aromatic amines is 1. The van der Waals surface area contributed by atoms with Crippen molar-refractivity contribution in [3.63, 3.8) is 0 Å². The summed E-state index contributed by atoms with van der Waals surface area (Å²) in [6.45, 7) is 5.37. The number of fused-ring (bicyclic) bond motifs is 2. The summed E-state index contributed by atoms with van der Waals surface area (Å²) in [6.07, 6.45) is 6.06. The number of esters is 1. The van der Waals surface area contributed by atoms with Gasteiger partial charge in [0.2, 0.25) is 0 Å². The van der Waals surface area contributed by atoms with Crippen molar-refractivity contribution in [2.75, 3.05) is 27.2 Å². The molecular weight excluding hydrogens is 468 g/mol. The fourth-order valence-corrected chi connectivity index (χ4v) is 4.90. The van der Waals surface area contributed by atoms with E-state index in [1.165, 1.54) is 6.08 Å². The number of rotatable bonds is 9. The molecule has 0 aliphatic carbocycles. The van der Waals surface area contributed by atoms with Crippen LogP contribution >= 0.6 is 0 Å². The van der Waals surface area contributed by atoms with Crippen molar-refractivity contribution in [1.29, 1.82) is 0 Å². The van der Waals surface area contributed by atoms with E-state index in [9.17, 15) is 14.4 Å². The fraction of sp³-hybridized carbons (Fsp3) is 0.207. The third-order valence-corrected chi connectivity index (χ3v) is 6.53. The van der Waals surface area contributed by atoms with Gasteiger partial charge in [-0.05, 0) is 39.2 Å². The van der Waals surface area contributed by atoms with Crippen molar-refractivity contribution in [2.24, 2.45) is 0 Å². The van der Waals surface area contributed by atoms with E-state index in [0.717, 1.165) is 30.4 Å². The van der Waals surface area contributed by atoms with E-state index in [2.05, 4.69) is 26.3 Å². The zero-order chi connectivity index (χ0) is 26.1. The van der Waals surface area contributed by atoms with Gasteiger partial charge in [0.05, 0.1) is 22.2 Å². The van der Waals surface area contributed by atoms with Crippen LogP contribution in [-0.4, -0.2) is 59.5 Å². The lowest BCUT2D eigenvalue weighted by Gasteiger charge is -2.10. The second-order valence-electron chi connectivity index (χ2n) is 9.26. The summed E-state index contributed by atoms with van der Waals surface area (Å²) >= 11 is 0. The van der Waals surface area contributed by atoms with Crippen molar-refractivity contribution in [3.8, 4) is 0 Å². The van der Waals surface area contributed by atoms with Gasteiger partial charge >= 0.3 is 5.97 Å². The summed E-state index contributed by atoms with van der Waals surface area (Å²) in [6, 6.07) is 13.1. The molecule has 3 heterocycles. The van der Waals surface area contributed by atoms with Gasteiger partial charge in [-0.2, -0.15) is 0 Å². The maximum absolute atomic E-state index is 13.2. The van der Waals surface area contributed by atoms with Gasteiger partial charge in [-0.25, -0.2) is 4.79 Å². The van der Waals surface area contributed by atoms with Crippen LogP contribution in [0.15, 0.2) is 67.5 Å². The number of H-pyrrole nitrogens is 1. The maximum Gasteiger partial charge on any atom is 0.340 e. The molecule has 1 aliphatic rings. The van der Waals surface area contributed by atoms with Crippen molar-refractivity contribution >= 4 is 50.7 Å². The van der Waals surface area contributed by atoms with E-state index in [0.29, 0.717) is 33.2 Å². The van der Waals surface area contributed by atoms with Gasteiger partial charge in [-0.15, -0.1) is 0 Å². The van der Waals surface area contributed by atoms with Crippen LogP contribution in [0, 0.1) is 0 Å². The van der Waals surface area contributed by atoms with Crippen molar-refractivity contribution in [1.82, 2.24) is 19.8 Å². The van der Waals surface area contributed by atoms with Gasteiger partial charge in [-0.3, -0.25) is 14.9 Å². The Labute approximate surface area is 214 Å². The molecule has 5 rings (SSSR count). The van der Waals surface area contributed by atoms with Crippen LogP contribution in [0.5, 0.6) is 0 Å². The van der Waals surface area contributed by atoms with Gasteiger partial charge in [0.25, 0.3) is 11.8 Å². The second kappa shape index (κ2) is 9.91. The van der Waals surface area contributed by atoms with Crippen molar-refractivity contribution in [2.45, 2.75) is 13.0 Å². The first kappa shape index (κ1) is 24.3. The van der Waals surface area contributed by atoms with E-state index < -0.39 is 17.8 Å². The summed E-state index contributed by atoms with van der Waals surface area (Å²) in [5, 5.41) is 4.04. The largest absolute Gasteiger partial charge is 0.458 e. The lowest BCUT2D eigenvalue weighted by atomic mass is 9.95. The minimum atomic E-state index is -0.499. The standard InChI is InChI=1S/C29H28N4O4/c1-4-15-37-29(36)20-11-7-10-19-21(16-30-26(19)20)24-25(28(35)31-27(24)34)22-17-33(14-8-13-32(2)3)23-12-6-5-9-18(22)23/h4-7,9-12,16-17,30H,1,8,13-15H2,2-3H3,(H,31,34,35). The molecule has 0 atom stereocenters. The summed E-state index contributed by atoms with van der Waals surface area (Å²) in [5.74, 6) is -1.40. The Morgan fingerprint density at radius 3 is 2.51 bits per heavy atom. The Kier molecular flexibility index (Phi) is 6.50. The van der Waals surface area contributed by atoms with Crippen LogP contribution in [0.3, 0.4) is 0 Å². The highest BCUT2D eigenvalue weighted by Crippen LogP contribution is 2.38. The molecule has 2 aromatic heterocycles. The number of aryl methyl sites for hydroxylation is 1. The molecule has 4 aromatic rings. The number of hydrogen-bond donors (Lipinski definition) is 2. The minimum absolute atomic E-state index is 0.0909. The van der Waals surface area contributed by atoms with E-state index in [-0.39, 0.29) is 12.2 Å². The lowest BCUT2D eigenvalue weighted by Crippen LogP contribution is -2.22. The average Bonchev–Trinajstić information content (AvgIpc) is 3.55. The Bertz CT molecular complexity index is 1590. The molecule has 188 valence electrons. The molecule has 2 aromatic carbocycles. The normalized spacial score (nSPS) is 13.7. The monoisotopic (exact) mass is 496 g/mol. The summed E-state index contributed by atoms with van der Waals surface area (Å²) in [4.78, 5) is 44.2. The molecule has 8 nitrogen and oxygen atoms in total. The molecule has 2 amide bonds. The topological polar surface area (TPSA) is 96.4 Å². The number of imide groups is 1. The zero-order valence-corrected chi connectivity index (χ0v) is 20.8. The van der Waals surface area contributed by atoms with Crippen LogP contribution in [0.2, 0.25) is 0 Å². The molecule has 37 heavy (non-hydrogen) atoms. The minimum Gasteiger partial charge on any atom is -0.458 e. The molecule has 0 unspecified atom stereocenters. The van der Waals surface area contributed by atoms with Crippen LogP contribution in [-0.2, 0) is 20.9 Å². The highest BCUT2D eigenvalue weighted by molar-refractivity contribution is 6.50. The van der Waals surface area contributed by atoms with E-state index >= 15 is 0 Å². The number of benzene rings is 2.